The van der Waals surface area contributed by atoms with Crippen molar-refractivity contribution in [2.45, 2.75) is 68.9 Å². The fourth-order valence-corrected chi connectivity index (χ4v) is 5.92. The van der Waals surface area contributed by atoms with Gasteiger partial charge in [-0.1, -0.05) is 55.8 Å². The van der Waals surface area contributed by atoms with Crippen LogP contribution in [0.5, 0.6) is 0 Å². The van der Waals surface area contributed by atoms with E-state index >= 15 is 0 Å². The molecule has 39 heavy (non-hydrogen) atoms. The number of aliphatic hydroxyl groups is 1. The highest BCUT2D eigenvalue weighted by Gasteiger charge is 2.26. The quantitative estimate of drug-likeness (QED) is 0.238. The predicted octanol–water partition coefficient (Wildman–Crippen LogP) is 6.19. The SMILES string of the molecule is CCOC(=O)c1cc(CCC(C)C)ccc1S(=O)(=O)c1ccc(C[C@@H](C)NC[C@@H](O)c2cccc(Cl)c2)cc1. The van der Waals surface area contributed by atoms with Gasteiger partial charge in [0.1, 0.15) is 0 Å². The van der Waals surface area contributed by atoms with E-state index in [-0.39, 0.29) is 28.0 Å². The summed E-state index contributed by atoms with van der Waals surface area (Å²) >= 11 is 6.01. The van der Waals surface area contributed by atoms with Crippen molar-refractivity contribution in [1.29, 1.82) is 0 Å². The molecular weight excluding hydrogens is 534 g/mol. The molecule has 0 aromatic heterocycles. The lowest BCUT2D eigenvalue weighted by Gasteiger charge is -2.18. The Morgan fingerprint density at radius 1 is 1.00 bits per heavy atom. The third-order valence-corrected chi connectivity index (χ3v) is 8.57. The molecule has 2 N–H and O–H groups in total. The van der Waals surface area contributed by atoms with Crippen LogP contribution in [-0.2, 0) is 27.4 Å². The third-order valence-electron chi connectivity index (χ3n) is 6.51. The molecule has 0 spiro atoms. The fraction of sp³-hybridized carbons (Fsp3) is 0.387. The van der Waals surface area contributed by atoms with Gasteiger partial charge in [0.25, 0.3) is 0 Å². The number of benzene rings is 3. The number of halogens is 1. The van der Waals surface area contributed by atoms with Crippen LogP contribution in [0.25, 0.3) is 0 Å². The maximum absolute atomic E-state index is 13.6. The summed E-state index contributed by atoms with van der Waals surface area (Å²) in [7, 11) is -3.94. The molecule has 3 rings (SSSR count). The van der Waals surface area contributed by atoms with Gasteiger partial charge in [-0.15, -0.1) is 0 Å². The van der Waals surface area contributed by atoms with E-state index in [2.05, 4.69) is 19.2 Å². The zero-order chi connectivity index (χ0) is 28.6. The first kappa shape index (κ1) is 30.8. The van der Waals surface area contributed by atoms with Gasteiger partial charge in [-0.05, 0) is 92.1 Å². The number of hydrogen-bond acceptors (Lipinski definition) is 6. The summed E-state index contributed by atoms with van der Waals surface area (Å²) in [5.74, 6) is -0.150. The summed E-state index contributed by atoms with van der Waals surface area (Å²) < 4.78 is 32.3. The summed E-state index contributed by atoms with van der Waals surface area (Å²) in [5, 5.41) is 14.3. The normalized spacial score (nSPS) is 13.3. The Labute approximate surface area is 237 Å². The number of carbonyl (C=O) groups is 1. The Hall–Kier alpha value is -2.71. The first-order valence-electron chi connectivity index (χ1n) is 13.3. The molecule has 0 aliphatic carbocycles. The van der Waals surface area contributed by atoms with Gasteiger partial charge < -0.3 is 15.2 Å². The monoisotopic (exact) mass is 571 g/mol. The topological polar surface area (TPSA) is 92.7 Å². The van der Waals surface area contributed by atoms with Crippen molar-refractivity contribution < 1.29 is 23.1 Å². The number of rotatable bonds is 13. The third kappa shape index (κ3) is 8.64. The highest BCUT2D eigenvalue weighted by Crippen LogP contribution is 2.27. The van der Waals surface area contributed by atoms with Crippen LogP contribution in [0.15, 0.2) is 76.5 Å². The molecule has 2 atom stereocenters. The van der Waals surface area contributed by atoms with E-state index in [1.165, 1.54) is 6.07 Å². The van der Waals surface area contributed by atoms with Crippen LogP contribution in [0.1, 0.15) is 67.3 Å². The van der Waals surface area contributed by atoms with E-state index in [0.717, 1.165) is 29.5 Å². The fourth-order valence-electron chi connectivity index (χ4n) is 4.29. The Kier molecular flexibility index (Phi) is 11.1. The number of esters is 1. The zero-order valence-electron chi connectivity index (χ0n) is 23.0. The second-order valence-electron chi connectivity index (χ2n) is 10.2. The van der Waals surface area contributed by atoms with Gasteiger partial charge >= 0.3 is 5.97 Å². The maximum atomic E-state index is 13.6. The largest absolute Gasteiger partial charge is 0.462 e. The minimum atomic E-state index is -3.94. The second-order valence-corrected chi connectivity index (χ2v) is 12.6. The molecule has 0 heterocycles. The average Bonchev–Trinajstić information content (AvgIpc) is 2.90. The number of aryl methyl sites for hydroxylation is 1. The second kappa shape index (κ2) is 14.1. The molecule has 8 heteroatoms. The molecule has 0 fully saturated rings. The van der Waals surface area contributed by atoms with E-state index in [0.29, 0.717) is 23.9 Å². The first-order chi connectivity index (χ1) is 18.5. The highest BCUT2D eigenvalue weighted by atomic mass is 35.5. The van der Waals surface area contributed by atoms with E-state index in [4.69, 9.17) is 16.3 Å². The molecule has 210 valence electrons. The summed E-state index contributed by atoms with van der Waals surface area (Å²) in [4.78, 5) is 12.8. The van der Waals surface area contributed by atoms with Crippen LogP contribution >= 0.6 is 11.6 Å². The van der Waals surface area contributed by atoms with Crippen molar-refractivity contribution in [3.8, 4) is 0 Å². The summed E-state index contributed by atoms with van der Waals surface area (Å²) in [6.07, 6.45) is 1.63. The highest BCUT2D eigenvalue weighted by molar-refractivity contribution is 7.91. The molecule has 0 saturated carbocycles. The summed E-state index contributed by atoms with van der Waals surface area (Å²) in [6, 6.07) is 18.8. The van der Waals surface area contributed by atoms with Gasteiger partial charge in [0, 0.05) is 17.6 Å². The van der Waals surface area contributed by atoms with Gasteiger partial charge in [0.05, 0.1) is 28.1 Å². The van der Waals surface area contributed by atoms with Crippen molar-refractivity contribution in [3.05, 3.63) is 94.0 Å². The molecular formula is C31H38ClNO5S. The van der Waals surface area contributed by atoms with Crippen LogP contribution in [-0.4, -0.2) is 38.7 Å². The zero-order valence-corrected chi connectivity index (χ0v) is 24.6. The number of carbonyl (C=O) groups excluding carboxylic acids is 1. The van der Waals surface area contributed by atoms with Crippen molar-refractivity contribution in [3.63, 3.8) is 0 Å². The molecule has 3 aromatic rings. The molecule has 3 aromatic carbocycles. The Morgan fingerprint density at radius 2 is 1.69 bits per heavy atom. The average molecular weight is 572 g/mol. The van der Waals surface area contributed by atoms with Crippen LogP contribution < -0.4 is 5.32 Å². The molecule has 0 saturated heterocycles. The van der Waals surface area contributed by atoms with E-state index in [9.17, 15) is 18.3 Å². The van der Waals surface area contributed by atoms with Crippen LogP contribution in [0, 0.1) is 5.92 Å². The molecule has 0 aliphatic rings. The van der Waals surface area contributed by atoms with Crippen LogP contribution in [0.3, 0.4) is 0 Å². The lowest BCUT2D eigenvalue weighted by molar-refractivity contribution is 0.0521. The van der Waals surface area contributed by atoms with Crippen molar-refractivity contribution in [2.75, 3.05) is 13.2 Å². The standard InChI is InChI=1S/C31H38ClNO5S/c1-5-38-31(35)28-18-24(10-9-21(2)3)13-16-30(28)39(36,37)27-14-11-23(12-15-27)17-22(4)33-20-29(34)25-7-6-8-26(32)19-25/h6-8,11-16,18-19,21-22,29,33-34H,5,9-10,17,20H2,1-4H3/t22-,29-/m1/s1. The van der Waals surface area contributed by atoms with E-state index in [1.807, 2.05) is 13.0 Å². The van der Waals surface area contributed by atoms with Crippen LogP contribution in [0.2, 0.25) is 5.02 Å². The molecule has 0 unspecified atom stereocenters. The number of ether oxygens (including phenoxy) is 1. The lowest BCUT2D eigenvalue weighted by atomic mass is 10.0. The molecule has 0 amide bonds. The number of aliphatic hydroxyl groups excluding tert-OH is 1. The van der Waals surface area contributed by atoms with Gasteiger partial charge in [-0.25, -0.2) is 13.2 Å². The Balaban J connectivity index is 1.72. The van der Waals surface area contributed by atoms with Gasteiger partial charge in [-0.3, -0.25) is 0 Å². The minimum Gasteiger partial charge on any atom is -0.462 e. The minimum absolute atomic E-state index is 0.0371. The number of nitrogens with one attached hydrogen (secondary N) is 1. The van der Waals surface area contributed by atoms with Crippen molar-refractivity contribution >= 4 is 27.4 Å². The lowest BCUT2D eigenvalue weighted by Crippen LogP contribution is -2.32. The molecule has 6 nitrogen and oxygen atoms in total. The van der Waals surface area contributed by atoms with Gasteiger partial charge in [-0.2, -0.15) is 0 Å². The smallest absolute Gasteiger partial charge is 0.339 e. The van der Waals surface area contributed by atoms with Crippen molar-refractivity contribution in [1.82, 2.24) is 5.32 Å². The van der Waals surface area contributed by atoms with Crippen LogP contribution in [0.4, 0.5) is 0 Å². The predicted molar refractivity (Wildman–Crippen MR) is 155 cm³/mol. The maximum Gasteiger partial charge on any atom is 0.339 e. The Morgan fingerprint density at radius 3 is 2.33 bits per heavy atom. The number of sulfone groups is 1. The summed E-state index contributed by atoms with van der Waals surface area (Å²) in [5.41, 5.74) is 2.66. The van der Waals surface area contributed by atoms with E-state index < -0.39 is 21.9 Å². The first-order valence-corrected chi connectivity index (χ1v) is 15.2. The Bertz CT molecular complexity index is 1360. The van der Waals surface area contributed by atoms with Gasteiger partial charge in [0.15, 0.2) is 0 Å². The summed E-state index contributed by atoms with van der Waals surface area (Å²) in [6.45, 7) is 8.46. The van der Waals surface area contributed by atoms with Crippen molar-refractivity contribution in [2.24, 2.45) is 5.92 Å². The number of hydrogen-bond donors (Lipinski definition) is 2. The molecule has 0 radical (unpaired) electrons. The van der Waals surface area contributed by atoms with Gasteiger partial charge in [0.2, 0.25) is 9.84 Å². The van der Waals surface area contributed by atoms with E-state index in [1.54, 1.807) is 61.5 Å². The molecule has 0 bridgehead atoms. The molecule has 0 aliphatic heterocycles.